The second kappa shape index (κ2) is 7.65. The van der Waals surface area contributed by atoms with E-state index in [0.717, 1.165) is 17.0 Å². The molecule has 0 aliphatic carbocycles. The van der Waals surface area contributed by atoms with Gasteiger partial charge in [0, 0.05) is 22.4 Å². The Morgan fingerprint density at radius 3 is 2.26 bits per heavy atom. The molecule has 3 aromatic carbocycles. The number of hydrogen-bond acceptors (Lipinski definition) is 3. The van der Waals surface area contributed by atoms with Gasteiger partial charge < -0.3 is 5.11 Å². The molecule has 2 nitrogen and oxygen atoms in total. The minimum atomic E-state index is 0.243. The Kier molecular flexibility index (Phi) is 5.12. The normalized spacial score (nSPS) is 11.0. The van der Waals surface area contributed by atoms with Crippen molar-refractivity contribution in [2.75, 3.05) is 0 Å². The summed E-state index contributed by atoms with van der Waals surface area (Å²) in [5, 5.41) is 9.72. The number of phenols is 1. The van der Waals surface area contributed by atoms with Crippen molar-refractivity contribution in [3.63, 3.8) is 0 Å². The zero-order valence-corrected chi connectivity index (χ0v) is 13.4. The first kappa shape index (κ1) is 15.4. The molecule has 0 aliphatic rings. The number of para-hydroxylation sites is 1. The standard InChI is InChI=1S/C20H17NOS/c22-20-9-5-4-6-17(20)14-21-18-12-10-16(11-13-18)15-23-19-7-2-1-3-8-19/h1-14,22H,15H2. The predicted molar refractivity (Wildman–Crippen MR) is 97.8 cm³/mol. The van der Waals surface area contributed by atoms with Gasteiger partial charge in [0.25, 0.3) is 0 Å². The van der Waals surface area contributed by atoms with Crippen LogP contribution in [0.1, 0.15) is 11.1 Å². The molecule has 23 heavy (non-hydrogen) atoms. The summed E-state index contributed by atoms with van der Waals surface area (Å²) in [6, 6.07) is 25.7. The van der Waals surface area contributed by atoms with E-state index < -0.39 is 0 Å². The first-order chi connectivity index (χ1) is 11.3. The first-order valence-corrected chi connectivity index (χ1v) is 8.39. The van der Waals surface area contributed by atoms with Crippen LogP contribution in [0.15, 0.2) is 88.8 Å². The van der Waals surface area contributed by atoms with Crippen molar-refractivity contribution in [2.24, 2.45) is 4.99 Å². The van der Waals surface area contributed by atoms with Crippen LogP contribution in [0.25, 0.3) is 0 Å². The van der Waals surface area contributed by atoms with Crippen LogP contribution in [0.5, 0.6) is 5.75 Å². The van der Waals surface area contributed by atoms with Crippen LogP contribution in [-0.4, -0.2) is 11.3 Å². The van der Waals surface area contributed by atoms with Gasteiger partial charge in [0.05, 0.1) is 5.69 Å². The number of phenolic OH excluding ortho intramolecular Hbond substituents is 1. The van der Waals surface area contributed by atoms with E-state index in [0.29, 0.717) is 0 Å². The molecule has 0 aliphatic heterocycles. The summed E-state index contributed by atoms with van der Waals surface area (Å²) in [6.07, 6.45) is 1.68. The zero-order valence-electron chi connectivity index (χ0n) is 12.6. The van der Waals surface area contributed by atoms with E-state index in [9.17, 15) is 5.11 Å². The molecular weight excluding hydrogens is 302 g/mol. The van der Waals surface area contributed by atoms with E-state index in [1.54, 1.807) is 18.3 Å². The Hall–Kier alpha value is -2.52. The van der Waals surface area contributed by atoms with E-state index in [1.165, 1.54) is 10.5 Å². The highest BCUT2D eigenvalue weighted by Crippen LogP contribution is 2.24. The molecule has 0 heterocycles. The Balaban J connectivity index is 1.62. The van der Waals surface area contributed by atoms with Crippen LogP contribution in [0.4, 0.5) is 5.69 Å². The topological polar surface area (TPSA) is 32.6 Å². The van der Waals surface area contributed by atoms with Gasteiger partial charge in [0.1, 0.15) is 5.75 Å². The molecule has 114 valence electrons. The molecule has 3 heteroatoms. The number of rotatable bonds is 5. The lowest BCUT2D eigenvalue weighted by atomic mass is 10.2. The number of thioether (sulfide) groups is 1. The zero-order chi connectivity index (χ0) is 15.9. The number of aromatic hydroxyl groups is 1. The highest BCUT2D eigenvalue weighted by atomic mass is 32.2. The lowest BCUT2D eigenvalue weighted by molar-refractivity contribution is 0.474. The summed E-state index contributed by atoms with van der Waals surface area (Å²) in [4.78, 5) is 5.68. The third kappa shape index (κ3) is 4.47. The lowest BCUT2D eigenvalue weighted by Gasteiger charge is -2.02. The minimum Gasteiger partial charge on any atom is -0.507 e. The summed E-state index contributed by atoms with van der Waals surface area (Å²) in [5.41, 5.74) is 2.86. The summed E-state index contributed by atoms with van der Waals surface area (Å²) >= 11 is 1.82. The van der Waals surface area contributed by atoms with Crippen molar-refractivity contribution in [2.45, 2.75) is 10.6 Å². The predicted octanol–water partition coefficient (Wildman–Crippen LogP) is 5.44. The van der Waals surface area contributed by atoms with Crippen molar-refractivity contribution in [1.29, 1.82) is 0 Å². The fraction of sp³-hybridized carbons (Fsp3) is 0.0500. The van der Waals surface area contributed by atoms with Gasteiger partial charge in [-0.15, -0.1) is 11.8 Å². The molecule has 0 unspecified atom stereocenters. The molecule has 0 fully saturated rings. The molecule has 0 bridgehead atoms. The first-order valence-electron chi connectivity index (χ1n) is 7.40. The summed E-state index contributed by atoms with van der Waals surface area (Å²) in [5.74, 6) is 1.18. The highest BCUT2D eigenvalue weighted by Gasteiger charge is 1.98. The van der Waals surface area contributed by atoms with Crippen LogP contribution in [0, 0.1) is 0 Å². The third-order valence-corrected chi connectivity index (χ3v) is 4.46. The van der Waals surface area contributed by atoms with Crippen molar-refractivity contribution in [1.82, 2.24) is 0 Å². The van der Waals surface area contributed by atoms with Gasteiger partial charge in [-0.25, -0.2) is 0 Å². The second-order valence-corrected chi connectivity index (χ2v) is 6.13. The molecule has 0 aromatic heterocycles. The number of benzene rings is 3. The summed E-state index contributed by atoms with van der Waals surface area (Å²) in [7, 11) is 0. The van der Waals surface area contributed by atoms with Crippen LogP contribution >= 0.6 is 11.8 Å². The quantitative estimate of drug-likeness (QED) is 0.502. The third-order valence-electron chi connectivity index (χ3n) is 3.37. The SMILES string of the molecule is Oc1ccccc1C=Nc1ccc(CSc2ccccc2)cc1. The maximum Gasteiger partial charge on any atom is 0.124 e. The Morgan fingerprint density at radius 2 is 1.52 bits per heavy atom. The molecule has 1 N–H and O–H groups in total. The summed E-state index contributed by atoms with van der Waals surface area (Å²) < 4.78 is 0. The fourth-order valence-electron chi connectivity index (χ4n) is 2.10. The molecule has 3 aromatic rings. The van der Waals surface area contributed by atoms with Gasteiger partial charge in [-0.05, 0) is 42.0 Å². The minimum absolute atomic E-state index is 0.243. The second-order valence-electron chi connectivity index (χ2n) is 5.09. The number of nitrogens with zero attached hydrogens (tertiary/aromatic N) is 1. The van der Waals surface area contributed by atoms with Gasteiger partial charge in [0.15, 0.2) is 0 Å². The van der Waals surface area contributed by atoms with Crippen LogP contribution in [0.3, 0.4) is 0 Å². The largest absolute Gasteiger partial charge is 0.507 e. The van der Waals surface area contributed by atoms with Gasteiger partial charge in [-0.2, -0.15) is 0 Å². The van der Waals surface area contributed by atoms with Crippen molar-refractivity contribution < 1.29 is 5.11 Å². The van der Waals surface area contributed by atoms with Crippen LogP contribution in [-0.2, 0) is 5.75 Å². The van der Waals surface area contributed by atoms with E-state index >= 15 is 0 Å². The monoisotopic (exact) mass is 319 g/mol. The van der Waals surface area contributed by atoms with E-state index in [4.69, 9.17) is 0 Å². The summed E-state index contributed by atoms with van der Waals surface area (Å²) in [6.45, 7) is 0. The molecular formula is C20H17NOS. The lowest BCUT2D eigenvalue weighted by Crippen LogP contribution is -1.82. The van der Waals surface area contributed by atoms with Gasteiger partial charge in [0.2, 0.25) is 0 Å². The fourth-order valence-corrected chi connectivity index (χ4v) is 2.98. The molecule has 3 rings (SSSR count). The van der Waals surface area contributed by atoms with Crippen molar-refractivity contribution in [3.8, 4) is 5.75 Å². The molecule has 0 amide bonds. The molecule has 0 saturated heterocycles. The smallest absolute Gasteiger partial charge is 0.124 e. The maximum absolute atomic E-state index is 9.72. The highest BCUT2D eigenvalue weighted by molar-refractivity contribution is 7.98. The Labute approximate surface area is 140 Å². The molecule has 0 saturated carbocycles. The van der Waals surface area contributed by atoms with Gasteiger partial charge >= 0.3 is 0 Å². The van der Waals surface area contributed by atoms with E-state index in [-0.39, 0.29) is 5.75 Å². The van der Waals surface area contributed by atoms with E-state index in [2.05, 4.69) is 41.4 Å². The molecule has 0 atom stereocenters. The number of hydrogen-bond donors (Lipinski definition) is 1. The van der Waals surface area contributed by atoms with Gasteiger partial charge in [-0.3, -0.25) is 4.99 Å². The molecule has 0 spiro atoms. The van der Waals surface area contributed by atoms with Crippen LogP contribution in [0.2, 0.25) is 0 Å². The Morgan fingerprint density at radius 1 is 0.826 bits per heavy atom. The van der Waals surface area contributed by atoms with Crippen LogP contribution < -0.4 is 0 Å². The molecule has 0 radical (unpaired) electrons. The average molecular weight is 319 g/mol. The van der Waals surface area contributed by atoms with Crippen molar-refractivity contribution >= 4 is 23.7 Å². The maximum atomic E-state index is 9.72. The number of aliphatic imine (C=N–C) groups is 1. The average Bonchev–Trinajstić information content (AvgIpc) is 2.61. The van der Waals surface area contributed by atoms with E-state index in [1.807, 2.05) is 42.1 Å². The van der Waals surface area contributed by atoms with Crippen molar-refractivity contribution in [3.05, 3.63) is 90.0 Å². The Bertz CT molecular complexity index is 782. The van der Waals surface area contributed by atoms with Gasteiger partial charge in [-0.1, -0.05) is 42.5 Å².